The molecule has 4 heteroatoms. The second-order valence-electron chi connectivity index (χ2n) is 11.4. The van der Waals surface area contributed by atoms with E-state index in [4.69, 9.17) is 4.74 Å². The minimum Gasteiger partial charge on any atom is -0.428 e. The summed E-state index contributed by atoms with van der Waals surface area (Å²) in [5, 5.41) is 19.4. The van der Waals surface area contributed by atoms with E-state index >= 15 is 0 Å². The van der Waals surface area contributed by atoms with E-state index in [2.05, 4.69) is 26.0 Å². The van der Waals surface area contributed by atoms with Crippen molar-refractivity contribution < 1.29 is 19.7 Å². The molecule has 0 aromatic heterocycles. The van der Waals surface area contributed by atoms with E-state index in [1.54, 1.807) is 6.08 Å². The van der Waals surface area contributed by atoms with E-state index < -0.39 is 12.7 Å². The van der Waals surface area contributed by atoms with Gasteiger partial charge in [-0.2, -0.15) is 0 Å². The predicted molar refractivity (Wildman–Crippen MR) is 168 cm³/mol. The van der Waals surface area contributed by atoms with Gasteiger partial charge in [0, 0.05) is 6.42 Å². The smallest absolute Gasteiger partial charge is 0.310 e. The van der Waals surface area contributed by atoms with Crippen LogP contribution in [0, 0.1) is 0 Å². The standard InChI is InChI=1S/C35H66O4/c1-3-5-7-9-11-13-15-17-19-20-22-24-26-28-30-34(33(37)32-36)39-35(38)31-29-27-25-23-21-18-16-14-12-10-8-6-4-2/h14,16,30,33,36-37H,3-13,15,17-29,31-32H2,1-2H3/b16-14?,34-30-. The van der Waals surface area contributed by atoms with Gasteiger partial charge in [-0.3, -0.25) is 4.79 Å². The van der Waals surface area contributed by atoms with Gasteiger partial charge in [-0.05, 0) is 51.0 Å². The second kappa shape index (κ2) is 31.4. The number of carbonyl (C=O) groups is 1. The number of carbonyl (C=O) groups excluding carboxylic acids is 1. The molecule has 4 nitrogen and oxygen atoms in total. The summed E-state index contributed by atoms with van der Waals surface area (Å²) in [6.07, 6.45) is 36.6. The fraction of sp³-hybridized carbons (Fsp3) is 0.857. The maximum Gasteiger partial charge on any atom is 0.310 e. The number of hydrogen-bond donors (Lipinski definition) is 2. The average Bonchev–Trinajstić information content (AvgIpc) is 2.94. The van der Waals surface area contributed by atoms with Gasteiger partial charge in [-0.25, -0.2) is 0 Å². The van der Waals surface area contributed by atoms with Crippen LogP contribution in [-0.4, -0.2) is 28.9 Å². The Kier molecular flexibility index (Phi) is 30.5. The highest BCUT2D eigenvalue weighted by Crippen LogP contribution is 2.16. The molecule has 0 aliphatic rings. The van der Waals surface area contributed by atoms with Crippen molar-refractivity contribution in [2.24, 2.45) is 0 Å². The molecule has 2 N–H and O–H groups in total. The van der Waals surface area contributed by atoms with Crippen LogP contribution < -0.4 is 0 Å². The molecule has 0 aliphatic heterocycles. The third-order valence-electron chi connectivity index (χ3n) is 7.53. The highest BCUT2D eigenvalue weighted by atomic mass is 16.5. The fourth-order valence-corrected chi connectivity index (χ4v) is 4.91. The molecule has 0 radical (unpaired) electrons. The molecule has 0 spiro atoms. The Balaban J connectivity index is 3.79. The van der Waals surface area contributed by atoms with Crippen LogP contribution in [0.3, 0.4) is 0 Å². The molecule has 39 heavy (non-hydrogen) atoms. The van der Waals surface area contributed by atoms with Crippen molar-refractivity contribution in [3.8, 4) is 0 Å². The summed E-state index contributed by atoms with van der Waals surface area (Å²) in [6.45, 7) is 4.09. The summed E-state index contributed by atoms with van der Waals surface area (Å²) in [5.41, 5.74) is 0. The van der Waals surface area contributed by atoms with Crippen molar-refractivity contribution in [3.63, 3.8) is 0 Å². The number of aliphatic hydroxyl groups is 2. The van der Waals surface area contributed by atoms with Gasteiger partial charge in [0.1, 0.15) is 11.9 Å². The van der Waals surface area contributed by atoms with Gasteiger partial charge >= 0.3 is 5.97 Å². The average molecular weight is 551 g/mol. The number of hydrogen-bond acceptors (Lipinski definition) is 4. The van der Waals surface area contributed by atoms with Crippen LogP contribution in [0.25, 0.3) is 0 Å². The van der Waals surface area contributed by atoms with Gasteiger partial charge in [0.05, 0.1) is 6.61 Å². The number of unbranched alkanes of at least 4 members (excludes halogenated alkanes) is 22. The molecule has 0 saturated heterocycles. The van der Waals surface area contributed by atoms with E-state index in [0.29, 0.717) is 6.42 Å². The lowest BCUT2D eigenvalue weighted by atomic mass is 10.0. The summed E-state index contributed by atoms with van der Waals surface area (Å²) in [7, 11) is 0. The Morgan fingerprint density at radius 2 is 0.974 bits per heavy atom. The van der Waals surface area contributed by atoms with E-state index in [1.165, 1.54) is 116 Å². The van der Waals surface area contributed by atoms with Crippen LogP contribution >= 0.6 is 0 Å². The van der Waals surface area contributed by atoms with Gasteiger partial charge in [-0.15, -0.1) is 0 Å². The molecule has 1 unspecified atom stereocenters. The minimum atomic E-state index is -1.12. The fourth-order valence-electron chi connectivity index (χ4n) is 4.91. The number of esters is 1. The first kappa shape index (κ1) is 37.9. The van der Waals surface area contributed by atoms with Crippen LogP contribution in [0.1, 0.15) is 181 Å². The normalized spacial score (nSPS) is 12.9. The summed E-state index contributed by atoms with van der Waals surface area (Å²) in [5.74, 6) is -0.0759. The van der Waals surface area contributed by atoms with E-state index in [-0.39, 0.29) is 11.7 Å². The maximum atomic E-state index is 12.3. The summed E-state index contributed by atoms with van der Waals surface area (Å²) < 4.78 is 5.43. The molecule has 0 rings (SSSR count). The molecule has 0 saturated carbocycles. The molecule has 0 aliphatic carbocycles. The first-order valence-corrected chi connectivity index (χ1v) is 17.0. The topological polar surface area (TPSA) is 66.8 Å². The number of ether oxygens (including phenoxy) is 1. The zero-order chi connectivity index (χ0) is 28.7. The molecule has 0 heterocycles. The molecule has 0 bridgehead atoms. The Morgan fingerprint density at radius 3 is 1.44 bits per heavy atom. The van der Waals surface area contributed by atoms with Crippen molar-refractivity contribution in [2.75, 3.05) is 6.61 Å². The van der Waals surface area contributed by atoms with Crippen LogP contribution in [0.5, 0.6) is 0 Å². The van der Waals surface area contributed by atoms with Gasteiger partial charge in [0.15, 0.2) is 0 Å². The van der Waals surface area contributed by atoms with Crippen molar-refractivity contribution in [3.05, 3.63) is 24.0 Å². The first-order valence-electron chi connectivity index (χ1n) is 17.0. The quantitative estimate of drug-likeness (QED) is 0.0404. The van der Waals surface area contributed by atoms with Gasteiger partial charge in [-0.1, -0.05) is 142 Å². The van der Waals surface area contributed by atoms with Gasteiger partial charge in [0.25, 0.3) is 0 Å². The molecule has 0 amide bonds. The van der Waals surface area contributed by atoms with E-state index in [0.717, 1.165) is 44.9 Å². The Bertz CT molecular complexity index is 569. The Morgan fingerprint density at radius 1 is 0.590 bits per heavy atom. The highest BCUT2D eigenvalue weighted by Gasteiger charge is 2.15. The molecular weight excluding hydrogens is 484 g/mol. The molecule has 230 valence electrons. The van der Waals surface area contributed by atoms with Crippen LogP contribution in [0.15, 0.2) is 24.0 Å². The van der Waals surface area contributed by atoms with Crippen molar-refractivity contribution in [2.45, 2.75) is 187 Å². The van der Waals surface area contributed by atoms with Crippen LogP contribution in [-0.2, 0) is 9.53 Å². The lowest BCUT2D eigenvalue weighted by molar-refractivity contribution is -0.141. The lowest BCUT2D eigenvalue weighted by Gasteiger charge is -2.13. The summed E-state index contributed by atoms with van der Waals surface area (Å²) in [4.78, 5) is 12.3. The molecular formula is C35H66O4. The molecule has 0 aromatic rings. The van der Waals surface area contributed by atoms with E-state index in [9.17, 15) is 15.0 Å². The minimum absolute atomic E-state index is 0.225. The number of allylic oxidation sites excluding steroid dienone is 3. The number of rotatable bonds is 30. The van der Waals surface area contributed by atoms with Crippen molar-refractivity contribution in [1.82, 2.24) is 0 Å². The van der Waals surface area contributed by atoms with Crippen molar-refractivity contribution >= 4 is 5.97 Å². The van der Waals surface area contributed by atoms with Crippen molar-refractivity contribution in [1.29, 1.82) is 0 Å². The molecule has 0 fully saturated rings. The summed E-state index contributed by atoms with van der Waals surface area (Å²) >= 11 is 0. The van der Waals surface area contributed by atoms with Crippen LogP contribution in [0.2, 0.25) is 0 Å². The zero-order valence-corrected chi connectivity index (χ0v) is 26.1. The molecule has 1 atom stereocenters. The highest BCUT2D eigenvalue weighted by molar-refractivity contribution is 5.70. The lowest BCUT2D eigenvalue weighted by Crippen LogP contribution is -2.20. The SMILES string of the molecule is CCCCCCC=CCCCCCCCC(=O)O/C(=C\CCCCCCCCCCCCCCC)C(O)CO. The summed E-state index contributed by atoms with van der Waals surface area (Å²) in [6, 6.07) is 0. The predicted octanol–water partition coefficient (Wildman–Crippen LogP) is 10.5. The first-order chi connectivity index (χ1) is 19.2. The van der Waals surface area contributed by atoms with E-state index in [1.807, 2.05) is 0 Å². The Hall–Kier alpha value is -1.13. The van der Waals surface area contributed by atoms with Gasteiger partial charge < -0.3 is 14.9 Å². The van der Waals surface area contributed by atoms with Gasteiger partial charge in [0.2, 0.25) is 0 Å². The van der Waals surface area contributed by atoms with Crippen LogP contribution in [0.4, 0.5) is 0 Å². The maximum absolute atomic E-state index is 12.3. The third-order valence-corrected chi connectivity index (χ3v) is 7.53. The largest absolute Gasteiger partial charge is 0.428 e. The third kappa shape index (κ3) is 28.2. The Labute approximate surface area is 243 Å². The molecule has 0 aromatic carbocycles. The monoisotopic (exact) mass is 550 g/mol. The number of aliphatic hydroxyl groups excluding tert-OH is 2. The zero-order valence-electron chi connectivity index (χ0n) is 26.1. The second-order valence-corrected chi connectivity index (χ2v) is 11.4.